The third-order valence-electron chi connectivity index (χ3n) is 4.98. The van der Waals surface area contributed by atoms with Crippen LogP contribution in [0.25, 0.3) is 22.2 Å². The highest BCUT2D eigenvalue weighted by molar-refractivity contribution is 7.89. The number of sulfonamides is 1. The van der Waals surface area contributed by atoms with Gasteiger partial charge in [-0.05, 0) is 49.4 Å². The summed E-state index contributed by atoms with van der Waals surface area (Å²) in [6.07, 6.45) is 0. The predicted molar refractivity (Wildman–Crippen MR) is 122 cm³/mol. The van der Waals surface area contributed by atoms with Crippen LogP contribution in [0.15, 0.2) is 76.4 Å². The summed E-state index contributed by atoms with van der Waals surface area (Å²) in [5, 5.41) is 5.11. The van der Waals surface area contributed by atoms with E-state index in [1.807, 2.05) is 37.3 Å². The van der Waals surface area contributed by atoms with Gasteiger partial charge >= 0.3 is 0 Å². The molecule has 0 fully saturated rings. The fourth-order valence-electron chi connectivity index (χ4n) is 3.32. The molecule has 4 aromatic rings. The number of methoxy groups -OCH3 is 1. The second-order valence-corrected chi connectivity index (χ2v) is 8.92. The van der Waals surface area contributed by atoms with Gasteiger partial charge in [0.15, 0.2) is 0 Å². The molecule has 0 radical (unpaired) electrons. The first-order valence-electron chi connectivity index (χ1n) is 9.96. The zero-order valence-electron chi connectivity index (χ0n) is 17.6. The third-order valence-corrected chi connectivity index (χ3v) is 6.47. The lowest BCUT2D eigenvalue weighted by Crippen LogP contribution is -2.32. The quantitative estimate of drug-likeness (QED) is 0.464. The van der Waals surface area contributed by atoms with E-state index in [9.17, 15) is 13.2 Å². The van der Waals surface area contributed by atoms with Gasteiger partial charge in [-0.3, -0.25) is 9.78 Å². The van der Waals surface area contributed by atoms with Crippen molar-refractivity contribution in [1.82, 2.24) is 19.5 Å². The number of benzene rings is 2. The molecule has 2 aromatic carbocycles. The summed E-state index contributed by atoms with van der Waals surface area (Å²) >= 11 is 0. The van der Waals surface area contributed by atoms with Crippen LogP contribution in [-0.4, -0.2) is 36.8 Å². The van der Waals surface area contributed by atoms with Crippen molar-refractivity contribution in [3.05, 3.63) is 82.8 Å². The standard InChI is InChI=1S/C23H22N4O4S/c1-16-6-7-18-4-3-5-21(23(18)25-16)32(29,30)24-14-15-27-22(28)13-12-20(26-27)17-8-10-19(31-2)11-9-17/h3-13,24H,14-15H2,1-2H3. The van der Waals surface area contributed by atoms with E-state index in [1.165, 1.54) is 16.8 Å². The predicted octanol–water partition coefficient (Wildman–Crippen LogP) is 2.75. The smallest absolute Gasteiger partial charge is 0.266 e. The molecule has 0 unspecified atom stereocenters. The monoisotopic (exact) mass is 450 g/mol. The van der Waals surface area contributed by atoms with Gasteiger partial charge in [0.25, 0.3) is 5.56 Å². The van der Waals surface area contributed by atoms with Crippen molar-refractivity contribution in [3.8, 4) is 17.0 Å². The van der Waals surface area contributed by atoms with E-state index in [0.29, 0.717) is 11.2 Å². The summed E-state index contributed by atoms with van der Waals surface area (Å²) in [6.45, 7) is 1.90. The minimum Gasteiger partial charge on any atom is -0.497 e. The summed E-state index contributed by atoms with van der Waals surface area (Å²) in [5.41, 5.74) is 2.24. The van der Waals surface area contributed by atoms with Crippen LogP contribution < -0.4 is 15.0 Å². The summed E-state index contributed by atoms with van der Waals surface area (Å²) < 4.78 is 34.8. The maximum absolute atomic E-state index is 12.9. The van der Waals surface area contributed by atoms with Gasteiger partial charge in [0.05, 0.1) is 24.9 Å². The van der Waals surface area contributed by atoms with Gasteiger partial charge in [-0.2, -0.15) is 5.10 Å². The second-order valence-electron chi connectivity index (χ2n) is 7.19. The van der Waals surface area contributed by atoms with E-state index < -0.39 is 10.0 Å². The topological polar surface area (TPSA) is 103 Å². The summed E-state index contributed by atoms with van der Waals surface area (Å²) in [5.74, 6) is 0.717. The lowest BCUT2D eigenvalue weighted by Gasteiger charge is -2.11. The molecule has 0 aliphatic carbocycles. The molecular weight excluding hydrogens is 428 g/mol. The van der Waals surface area contributed by atoms with E-state index in [2.05, 4.69) is 14.8 Å². The number of aromatic nitrogens is 3. The van der Waals surface area contributed by atoms with E-state index in [4.69, 9.17) is 4.74 Å². The van der Waals surface area contributed by atoms with E-state index in [0.717, 1.165) is 22.4 Å². The molecular formula is C23H22N4O4S. The molecule has 9 heteroatoms. The number of aryl methyl sites for hydroxylation is 1. The third kappa shape index (κ3) is 4.53. The van der Waals surface area contributed by atoms with Gasteiger partial charge in [-0.15, -0.1) is 0 Å². The Balaban J connectivity index is 1.53. The molecule has 0 atom stereocenters. The maximum Gasteiger partial charge on any atom is 0.266 e. The van der Waals surface area contributed by atoms with Crippen LogP contribution in [-0.2, 0) is 16.6 Å². The lowest BCUT2D eigenvalue weighted by molar-refractivity contribution is 0.415. The molecule has 4 rings (SSSR count). The van der Waals surface area contributed by atoms with Crippen LogP contribution in [0.5, 0.6) is 5.75 Å². The van der Waals surface area contributed by atoms with Crippen LogP contribution in [0.2, 0.25) is 0 Å². The molecule has 164 valence electrons. The molecule has 0 bridgehead atoms. The molecule has 0 saturated heterocycles. The molecule has 8 nitrogen and oxygen atoms in total. The van der Waals surface area contributed by atoms with Crippen LogP contribution in [0.1, 0.15) is 5.69 Å². The highest BCUT2D eigenvalue weighted by Crippen LogP contribution is 2.22. The summed E-state index contributed by atoms with van der Waals surface area (Å²) in [6, 6.07) is 19.0. The van der Waals surface area contributed by atoms with Crippen molar-refractivity contribution in [2.24, 2.45) is 0 Å². The Labute approximate surface area is 185 Å². The van der Waals surface area contributed by atoms with Crippen molar-refractivity contribution in [2.45, 2.75) is 18.4 Å². The van der Waals surface area contributed by atoms with Gasteiger partial charge in [0.1, 0.15) is 10.6 Å². The highest BCUT2D eigenvalue weighted by atomic mass is 32.2. The molecule has 2 aromatic heterocycles. The Kier molecular flexibility index (Phi) is 6.02. The normalized spacial score (nSPS) is 11.6. The van der Waals surface area contributed by atoms with Crippen LogP contribution in [0.3, 0.4) is 0 Å². The maximum atomic E-state index is 12.9. The van der Waals surface area contributed by atoms with Gasteiger partial charge < -0.3 is 4.74 Å². The molecule has 0 amide bonds. The van der Waals surface area contributed by atoms with E-state index in [-0.39, 0.29) is 23.5 Å². The summed E-state index contributed by atoms with van der Waals surface area (Å²) in [7, 11) is -2.24. The minimum atomic E-state index is -3.83. The van der Waals surface area contributed by atoms with Crippen molar-refractivity contribution >= 4 is 20.9 Å². The van der Waals surface area contributed by atoms with Gasteiger partial charge in [-0.25, -0.2) is 17.8 Å². The highest BCUT2D eigenvalue weighted by Gasteiger charge is 2.18. The Morgan fingerprint density at radius 2 is 1.78 bits per heavy atom. The fraction of sp³-hybridized carbons (Fsp3) is 0.174. The van der Waals surface area contributed by atoms with Crippen molar-refractivity contribution in [1.29, 1.82) is 0 Å². The Morgan fingerprint density at radius 3 is 2.53 bits per heavy atom. The molecule has 0 saturated carbocycles. The Bertz CT molecular complexity index is 1430. The molecule has 2 heterocycles. The average Bonchev–Trinajstić information content (AvgIpc) is 2.80. The Hall–Kier alpha value is -3.56. The number of nitrogens with one attached hydrogen (secondary N) is 1. The van der Waals surface area contributed by atoms with Gasteiger partial charge in [-0.1, -0.05) is 18.2 Å². The van der Waals surface area contributed by atoms with Crippen LogP contribution in [0.4, 0.5) is 0 Å². The van der Waals surface area contributed by atoms with Crippen molar-refractivity contribution in [3.63, 3.8) is 0 Å². The number of rotatable bonds is 7. The molecule has 1 N–H and O–H groups in total. The number of nitrogens with zero attached hydrogens (tertiary/aromatic N) is 3. The molecule has 0 aliphatic heterocycles. The first kappa shape index (κ1) is 21.7. The summed E-state index contributed by atoms with van der Waals surface area (Å²) in [4.78, 5) is 16.7. The van der Waals surface area contributed by atoms with E-state index in [1.54, 1.807) is 31.4 Å². The fourth-order valence-corrected chi connectivity index (χ4v) is 4.51. The van der Waals surface area contributed by atoms with E-state index >= 15 is 0 Å². The number of ether oxygens (including phenoxy) is 1. The van der Waals surface area contributed by atoms with Gasteiger partial charge in [0, 0.05) is 29.3 Å². The molecule has 0 aliphatic rings. The number of hydrogen-bond donors (Lipinski definition) is 1. The lowest BCUT2D eigenvalue weighted by atomic mass is 10.1. The second kappa shape index (κ2) is 8.89. The minimum absolute atomic E-state index is 0.00348. The number of pyridine rings is 1. The first-order chi connectivity index (χ1) is 15.4. The van der Waals surface area contributed by atoms with Crippen LogP contribution >= 0.6 is 0 Å². The average molecular weight is 451 g/mol. The van der Waals surface area contributed by atoms with Crippen molar-refractivity contribution in [2.75, 3.05) is 13.7 Å². The molecule has 0 spiro atoms. The number of hydrogen-bond acceptors (Lipinski definition) is 6. The Morgan fingerprint density at radius 1 is 1.00 bits per heavy atom. The SMILES string of the molecule is COc1ccc(-c2ccc(=O)n(CCNS(=O)(=O)c3cccc4ccc(C)nc34)n2)cc1. The van der Waals surface area contributed by atoms with Gasteiger partial charge in [0.2, 0.25) is 10.0 Å². The van der Waals surface area contributed by atoms with Crippen molar-refractivity contribution < 1.29 is 13.2 Å². The van der Waals surface area contributed by atoms with Crippen LogP contribution in [0, 0.1) is 6.92 Å². The zero-order chi connectivity index (χ0) is 22.7. The molecule has 32 heavy (non-hydrogen) atoms. The number of para-hydroxylation sites is 1. The zero-order valence-corrected chi connectivity index (χ0v) is 18.5. The first-order valence-corrected chi connectivity index (χ1v) is 11.4. The number of fused-ring (bicyclic) bond motifs is 1. The largest absolute Gasteiger partial charge is 0.497 e.